The Kier molecular flexibility index (Phi) is 9.52. The number of aliphatic hydroxyl groups excluding tert-OH is 1. The number of rotatable bonds is 8. The zero-order chi connectivity index (χ0) is 41.3. The number of aromatic nitrogens is 2. The van der Waals surface area contributed by atoms with Gasteiger partial charge >= 0.3 is 18.2 Å². The Morgan fingerprint density at radius 1 is 1.05 bits per heavy atom. The second kappa shape index (κ2) is 14.3. The lowest BCUT2D eigenvalue weighted by molar-refractivity contribution is -0.141. The smallest absolute Gasteiger partial charge is 0.432 e. The summed E-state index contributed by atoms with van der Waals surface area (Å²) in [5.74, 6) is -3.54. The maximum absolute atomic E-state index is 14.5. The van der Waals surface area contributed by atoms with E-state index in [2.05, 4.69) is 15.3 Å². The van der Waals surface area contributed by atoms with Crippen molar-refractivity contribution in [1.82, 2.24) is 14.9 Å². The van der Waals surface area contributed by atoms with E-state index in [1.54, 1.807) is 42.5 Å². The molecule has 6 aromatic rings. The Morgan fingerprint density at radius 2 is 1.84 bits per heavy atom. The van der Waals surface area contributed by atoms with E-state index in [0.717, 1.165) is 12.0 Å². The van der Waals surface area contributed by atoms with E-state index in [1.807, 2.05) is 0 Å². The number of anilines is 2. The second-order valence-corrected chi connectivity index (χ2v) is 14.2. The van der Waals surface area contributed by atoms with Crippen LogP contribution in [0.25, 0.3) is 32.8 Å². The molecule has 0 spiro atoms. The molecule has 5 N–H and O–H groups in total. The van der Waals surface area contributed by atoms with Crippen molar-refractivity contribution in [3.63, 3.8) is 0 Å². The lowest BCUT2D eigenvalue weighted by Crippen LogP contribution is -2.51. The number of aromatic amines is 2. The SMILES string of the molecule is COC(=O)c1c(C(F)(F)F)[nH]c2c(OC(=O)N3CCCC3(O)CO)cc3c(c12)C(CCl)CN3C(=O)c1cc2cc(NC(=O)c3cc4cccc(OC)c4o3)ccc2[nH]1. The van der Waals surface area contributed by atoms with Gasteiger partial charge in [-0.3, -0.25) is 14.5 Å². The summed E-state index contributed by atoms with van der Waals surface area (Å²) in [5.41, 5.74) is -3.34. The third-order valence-electron chi connectivity index (χ3n) is 10.5. The summed E-state index contributed by atoms with van der Waals surface area (Å²) in [5, 5.41) is 24.3. The first-order valence-electron chi connectivity index (χ1n) is 17.8. The minimum absolute atomic E-state index is 0.00302. The summed E-state index contributed by atoms with van der Waals surface area (Å²) in [6.07, 6.45) is -5.99. The standard InChI is InChI=1S/C39H33ClF3N5O10/c1-55-25-6-3-5-18-13-27(57-32(18)25)34(50)44-21-7-8-22-19(11-21)12-23(45-22)35(51)47-16-20(15-40)28-24(47)14-26(58-37(53)48-10-4-9-38(48,54)17-49)31-29(28)30(36(52)56-2)33(46-31)39(41,42)43/h3,5-8,11-14,20,45-46,49,54H,4,9-10,15-17H2,1-2H3,(H,44,50). The summed E-state index contributed by atoms with van der Waals surface area (Å²) in [6, 6.07) is 14.4. The van der Waals surface area contributed by atoms with E-state index in [9.17, 15) is 42.6 Å². The largest absolute Gasteiger partial charge is 0.493 e. The molecule has 2 atom stereocenters. The van der Waals surface area contributed by atoms with Crippen molar-refractivity contribution in [2.24, 2.45) is 0 Å². The fourth-order valence-corrected chi connectivity index (χ4v) is 7.98. The zero-order valence-electron chi connectivity index (χ0n) is 30.6. The molecule has 19 heteroatoms. The predicted octanol–water partition coefficient (Wildman–Crippen LogP) is 6.72. The number of nitrogens with one attached hydrogen (secondary N) is 3. The average Bonchev–Trinajstić information content (AvgIpc) is 4.04. The maximum atomic E-state index is 14.5. The van der Waals surface area contributed by atoms with E-state index in [-0.39, 0.29) is 53.5 Å². The number of H-pyrrole nitrogens is 2. The predicted molar refractivity (Wildman–Crippen MR) is 203 cm³/mol. The van der Waals surface area contributed by atoms with Crippen LogP contribution < -0.4 is 19.7 Å². The number of alkyl halides is 4. The molecule has 5 heterocycles. The molecule has 0 saturated carbocycles. The van der Waals surface area contributed by atoms with Gasteiger partial charge in [0, 0.05) is 58.3 Å². The summed E-state index contributed by atoms with van der Waals surface area (Å²) in [7, 11) is 2.40. The number of aliphatic hydroxyl groups is 2. The van der Waals surface area contributed by atoms with E-state index in [0.29, 0.717) is 39.7 Å². The number of halogens is 4. The molecule has 58 heavy (non-hydrogen) atoms. The van der Waals surface area contributed by atoms with Crippen molar-refractivity contribution in [3.8, 4) is 11.5 Å². The molecule has 2 aliphatic heterocycles. The highest BCUT2D eigenvalue weighted by Crippen LogP contribution is 2.50. The first-order valence-corrected chi connectivity index (χ1v) is 18.3. The molecule has 2 aliphatic rings. The zero-order valence-corrected chi connectivity index (χ0v) is 31.3. The minimum Gasteiger partial charge on any atom is -0.493 e. The molecular formula is C39H33ClF3N5O10. The Hall–Kier alpha value is -6.24. The average molecular weight is 824 g/mol. The van der Waals surface area contributed by atoms with Gasteiger partial charge in [0.25, 0.3) is 11.8 Å². The number of ether oxygens (including phenoxy) is 3. The summed E-state index contributed by atoms with van der Waals surface area (Å²) in [6.45, 7) is -1.01. The van der Waals surface area contributed by atoms with Gasteiger partial charge in [-0.1, -0.05) is 12.1 Å². The lowest BCUT2D eigenvalue weighted by Gasteiger charge is -2.31. The summed E-state index contributed by atoms with van der Waals surface area (Å²) in [4.78, 5) is 61.4. The van der Waals surface area contributed by atoms with Crippen LogP contribution in [-0.4, -0.2) is 94.5 Å². The van der Waals surface area contributed by atoms with Gasteiger partial charge in [0.15, 0.2) is 28.6 Å². The third kappa shape index (κ3) is 6.33. The fourth-order valence-electron chi connectivity index (χ4n) is 7.73. The molecule has 3 aromatic heterocycles. The van der Waals surface area contributed by atoms with E-state index in [4.69, 9.17) is 30.2 Å². The number of likely N-dealkylation sites (tertiary alicyclic amines) is 1. The van der Waals surface area contributed by atoms with Gasteiger partial charge in [-0.25, -0.2) is 9.59 Å². The number of benzene rings is 3. The Morgan fingerprint density at radius 3 is 2.55 bits per heavy atom. The number of carbonyl (C=O) groups excluding carboxylic acids is 4. The molecular weight excluding hydrogens is 791 g/mol. The molecule has 0 radical (unpaired) electrons. The van der Waals surface area contributed by atoms with Gasteiger partial charge in [0.05, 0.1) is 37.6 Å². The van der Waals surface area contributed by atoms with Crippen molar-refractivity contribution in [3.05, 3.63) is 82.9 Å². The van der Waals surface area contributed by atoms with Crippen LogP contribution in [0.3, 0.4) is 0 Å². The number of carbonyl (C=O) groups is 4. The van der Waals surface area contributed by atoms with Crippen LogP contribution in [0.4, 0.5) is 29.3 Å². The number of nitrogens with zero attached hydrogens (tertiary/aromatic N) is 2. The number of amides is 3. The van der Waals surface area contributed by atoms with Crippen LogP contribution in [0.1, 0.15) is 61.4 Å². The fraction of sp³-hybridized carbons (Fsp3) is 0.282. The number of furan rings is 1. The molecule has 1 saturated heterocycles. The van der Waals surface area contributed by atoms with E-state index < -0.39 is 70.8 Å². The first kappa shape index (κ1) is 38.6. The van der Waals surface area contributed by atoms with Gasteiger partial charge in [0.2, 0.25) is 0 Å². The number of para-hydroxylation sites is 1. The first-order chi connectivity index (χ1) is 27.7. The molecule has 15 nitrogen and oxygen atoms in total. The number of hydrogen-bond acceptors (Lipinski definition) is 10. The second-order valence-electron chi connectivity index (χ2n) is 13.9. The van der Waals surface area contributed by atoms with Crippen LogP contribution in [-0.2, 0) is 10.9 Å². The molecule has 2 unspecified atom stereocenters. The van der Waals surface area contributed by atoms with Gasteiger partial charge in [0.1, 0.15) is 11.4 Å². The van der Waals surface area contributed by atoms with Gasteiger partial charge in [-0.2, -0.15) is 13.2 Å². The van der Waals surface area contributed by atoms with Crippen molar-refractivity contribution in [2.45, 2.75) is 30.7 Å². The molecule has 1 fully saturated rings. The van der Waals surface area contributed by atoms with Crippen molar-refractivity contribution < 1.29 is 61.2 Å². The Labute approximate surface area is 330 Å². The third-order valence-corrected chi connectivity index (χ3v) is 10.8. The van der Waals surface area contributed by atoms with Crippen molar-refractivity contribution >= 4 is 79.6 Å². The highest BCUT2D eigenvalue weighted by Gasteiger charge is 2.46. The summed E-state index contributed by atoms with van der Waals surface area (Å²) >= 11 is 6.39. The Balaban J connectivity index is 1.18. The van der Waals surface area contributed by atoms with Crippen LogP contribution in [0.2, 0.25) is 0 Å². The highest BCUT2D eigenvalue weighted by molar-refractivity contribution is 6.20. The van der Waals surface area contributed by atoms with Crippen LogP contribution in [0.5, 0.6) is 11.5 Å². The van der Waals surface area contributed by atoms with Crippen LogP contribution >= 0.6 is 11.6 Å². The molecule has 302 valence electrons. The minimum atomic E-state index is -5.12. The van der Waals surface area contributed by atoms with Crippen LogP contribution in [0, 0.1) is 0 Å². The molecule has 0 bridgehead atoms. The summed E-state index contributed by atoms with van der Waals surface area (Å²) < 4.78 is 65.1. The van der Waals surface area contributed by atoms with Crippen molar-refractivity contribution in [1.29, 1.82) is 0 Å². The molecule has 8 rings (SSSR count). The number of esters is 1. The number of fused-ring (bicyclic) bond motifs is 5. The van der Waals surface area contributed by atoms with Gasteiger partial charge in [-0.05, 0) is 54.8 Å². The van der Waals surface area contributed by atoms with E-state index in [1.165, 1.54) is 24.1 Å². The lowest BCUT2D eigenvalue weighted by atomic mass is 9.95. The topological polar surface area (TPSA) is 200 Å². The monoisotopic (exact) mass is 823 g/mol. The quantitative estimate of drug-likeness (QED) is 0.0811. The number of methoxy groups -OCH3 is 2. The van der Waals surface area contributed by atoms with Crippen molar-refractivity contribution in [2.75, 3.05) is 50.0 Å². The molecule has 0 aliphatic carbocycles. The normalized spacial score (nSPS) is 18.0. The van der Waals surface area contributed by atoms with Crippen LogP contribution in [0.15, 0.2) is 59.0 Å². The molecule has 3 aromatic carbocycles. The highest BCUT2D eigenvalue weighted by atomic mass is 35.5. The number of hydrogen-bond donors (Lipinski definition) is 5. The van der Waals surface area contributed by atoms with Gasteiger partial charge < -0.3 is 49.0 Å². The maximum Gasteiger partial charge on any atom is 0.432 e. The Bertz CT molecular complexity index is 2670. The van der Waals surface area contributed by atoms with E-state index >= 15 is 0 Å². The van der Waals surface area contributed by atoms with Gasteiger partial charge in [-0.15, -0.1) is 11.6 Å². The molecule has 3 amide bonds.